The van der Waals surface area contributed by atoms with E-state index in [1.165, 1.54) is 0 Å². The Morgan fingerprint density at radius 1 is 1.12 bits per heavy atom. The quantitative estimate of drug-likeness (QED) is 0.654. The number of benzene rings is 1. The number of carbonyl (C=O) groups is 2. The first kappa shape index (κ1) is 10.3. The van der Waals surface area contributed by atoms with Gasteiger partial charge in [-0.05, 0) is 24.6 Å². The van der Waals surface area contributed by atoms with Crippen LogP contribution in [0.4, 0.5) is 0 Å². The van der Waals surface area contributed by atoms with E-state index in [0.717, 1.165) is 5.56 Å². The highest BCUT2D eigenvalue weighted by Crippen LogP contribution is 2.39. The van der Waals surface area contributed by atoms with Crippen LogP contribution in [-0.4, -0.2) is 17.6 Å². The zero-order valence-corrected chi connectivity index (χ0v) is 8.52. The molecule has 1 aromatic carbocycles. The van der Waals surface area contributed by atoms with Crippen molar-refractivity contribution in [3.63, 3.8) is 0 Å². The van der Waals surface area contributed by atoms with Gasteiger partial charge in [-0.25, -0.2) is 0 Å². The maximum Gasteiger partial charge on any atom is 0.414 e. The number of carbonyl (C=O) groups excluding carboxylic acids is 2. The fourth-order valence-corrected chi connectivity index (χ4v) is 1.43. The summed E-state index contributed by atoms with van der Waals surface area (Å²) >= 11 is 0. The molecule has 0 radical (unpaired) electrons. The van der Waals surface area contributed by atoms with Crippen molar-refractivity contribution in [1.29, 1.82) is 0 Å². The third-order valence-electron chi connectivity index (χ3n) is 2.26. The van der Waals surface area contributed by atoms with E-state index in [4.69, 9.17) is 20.9 Å². The monoisotopic (exact) mass is 222 g/mol. The minimum atomic E-state index is -2.23. The molecule has 0 bridgehead atoms. The highest BCUT2D eigenvalue weighted by atomic mass is 16.7. The molecular weight excluding hydrogens is 212 g/mol. The average Bonchev–Trinajstić information content (AvgIpc) is 2.57. The van der Waals surface area contributed by atoms with Crippen LogP contribution >= 0.6 is 0 Å². The Balaban J connectivity index is 2.46. The smallest absolute Gasteiger partial charge is 0.414 e. The van der Waals surface area contributed by atoms with E-state index in [-0.39, 0.29) is 11.5 Å². The van der Waals surface area contributed by atoms with Gasteiger partial charge in [0.25, 0.3) is 0 Å². The Hall–Kier alpha value is -2.24. The first-order valence-electron chi connectivity index (χ1n) is 4.54. The molecule has 2 rings (SSSR count). The number of hydrogen-bond donors (Lipinski definition) is 2. The normalized spacial score (nSPS) is 15.8. The number of hydrogen-bond acceptors (Lipinski definition) is 4. The van der Waals surface area contributed by atoms with Crippen molar-refractivity contribution in [3.05, 3.63) is 23.8 Å². The van der Waals surface area contributed by atoms with Gasteiger partial charge < -0.3 is 20.9 Å². The number of primary amides is 2. The molecule has 16 heavy (non-hydrogen) atoms. The van der Waals surface area contributed by atoms with E-state index in [0.29, 0.717) is 0 Å². The molecule has 1 aliphatic rings. The van der Waals surface area contributed by atoms with Crippen LogP contribution in [0.1, 0.15) is 5.56 Å². The summed E-state index contributed by atoms with van der Waals surface area (Å²) in [6.07, 6.45) is 0. The molecule has 0 saturated heterocycles. The molecule has 0 saturated carbocycles. The molecule has 1 aliphatic heterocycles. The van der Waals surface area contributed by atoms with Crippen molar-refractivity contribution in [2.45, 2.75) is 12.7 Å². The highest BCUT2D eigenvalue weighted by molar-refractivity contribution is 6.06. The molecular formula is C10H10N2O4. The van der Waals surface area contributed by atoms with E-state index in [2.05, 4.69) is 0 Å². The molecule has 84 valence electrons. The van der Waals surface area contributed by atoms with Crippen LogP contribution in [-0.2, 0) is 9.59 Å². The topological polar surface area (TPSA) is 105 Å². The molecule has 0 aliphatic carbocycles. The Bertz CT molecular complexity index is 470. The second-order valence-electron chi connectivity index (χ2n) is 3.50. The minimum Gasteiger partial charge on any atom is -0.433 e. The lowest BCUT2D eigenvalue weighted by Crippen LogP contribution is -2.60. The first-order valence-corrected chi connectivity index (χ1v) is 4.54. The zero-order valence-electron chi connectivity index (χ0n) is 8.52. The largest absolute Gasteiger partial charge is 0.433 e. The SMILES string of the molecule is Cc1ccc2c(c1)OC(C(N)=O)(C(N)=O)O2. The molecule has 1 heterocycles. The van der Waals surface area contributed by atoms with Gasteiger partial charge in [-0.2, -0.15) is 0 Å². The molecule has 6 nitrogen and oxygen atoms in total. The van der Waals surface area contributed by atoms with E-state index in [9.17, 15) is 9.59 Å². The van der Waals surface area contributed by atoms with E-state index < -0.39 is 17.6 Å². The Labute approximate surface area is 91.1 Å². The summed E-state index contributed by atoms with van der Waals surface area (Å²) in [5.41, 5.74) is 11.0. The van der Waals surface area contributed by atoms with Gasteiger partial charge in [-0.3, -0.25) is 9.59 Å². The van der Waals surface area contributed by atoms with Gasteiger partial charge in [0.15, 0.2) is 11.5 Å². The summed E-state index contributed by atoms with van der Waals surface area (Å²) in [6.45, 7) is 1.83. The van der Waals surface area contributed by atoms with Gasteiger partial charge in [-0.1, -0.05) is 6.07 Å². The van der Waals surface area contributed by atoms with Crippen LogP contribution in [0.5, 0.6) is 11.5 Å². The second kappa shape index (κ2) is 3.13. The van der Waals surface area contributed by atoms with E-state index >= 15 is 0 Å². The van der Waals surface area contributed by atoms with Crippen molar-refractivity contribution >= 4 is 11.8 Å². The summed E-state index contributed by atoms with van der Waals surface area (Å²) < 4.78 is 10.2. The molecule has 2 amide bonds. The molecule has 0 aromatic heterocycles. The Kier molecular flexibility index (Phi) is 2.01. The fourth-order valence-electron chi connectivity index (χ4n) is 1.43. The molecule has 6 heteroatoms. The lowest BCUT2D eigenvalue weighted by atomic mass is 10.2. The Morgan fingerprint density at radius 2 is 1.69 bits per heavy atom. The summed E-state index contributed by atoms with van der Waals surface area (Å²) in [5.74, 6) is -3.83. The van der Waals surface area contributed by atoms with Crippen molar-refractivity contribution in [1.82, 2.24) is 0 Å². The van der Waals surface area contributed by atoms with Crippen molar-refractivity contribution in [2.75, 3.05) is 0 Å². The number of nitrogens with two attached hydrogens (primary N) is 2. The van der Waals surface area contributed by atoms with Gasteiger partial charge in [0, 0.05) is 0 Å². The van der Waals surface area contributed by atoms with Gasteiger partial charge in [-0.15, -0.1) is 0 Å². The molecule has 0 atom stereocenters. The molecule has 0 unspecified atom stereocenters. The third kappa shape index (κ3) is 1.27. The Morgan fingerprint density at radius 3 is 2.25 bits per heavy atom. The van der Waals surface area contributed by atoms with Crippen LogP contribution in [0.2, 0.25) is 0 Å². The maximum atomic E-state index is 11.2. The average molecular weight is 222 g/mol. The second-order valence-corrected chi connectivity index (χ2v) is 3.50. The summed E-state index contributed by atoms with van der Waals surface area (Å²) in [6, 6.07) is 4.96. The van der Waals surface area contributed by atoms with Crippen molar-refractivity contribution in [3.8, 4) is 11.5 Å². The minimum absolute atomic E-state index is 0.267. The molecule has 1 aromatic rings. The van der Waals surface area contributed by atoms with Crippen LogP contribution < -0.4 is 20.9 Å². The zero-order chi connectivity index (χ0) is 11.9. The number of rotatable bonds is 2. The number of aryl methyl sites for hydroxylation is 1. The van der Waals surface area contributed by atoms with Crippen LogP contribution in [0.15, 0.2) is 18.2 Å². The lowest BCUT2D eigenvalue weighted by Gasteiger charge is -2.19. The van der Waals surface area contributed by atoms with Gasteiger partial charge in [0.05, 0.1) is 0 Å². The standard InChI is InChI=1S/C10H10N2O4/c1-5-2-3-6-7(4-5)16-10(15-6,8(11)13)9(12)14/h2-4H,1H3,(H2,11,13)(H2,12,14). The van der Waals surface area contributed by atoms with Crippen molar-refractivity contribution < 1.29 is 19.1 Å². The van der Waals surface area contributed by atoms with Crippen LogP contribution in [0.3, 0.4) is 0 Å². The van der Waals surface area contributed by atoms with Gasteiger partial charge >= 0.3 is 17.6 Å². The van der Waals surface area contributed by atoms with Crippen LogP contribution in [0, 0.1) is 6.92 Å². The molecule has 4 N–H and O–H groups in total. The van der Waals surface area contributed by atoms with Gasteiger partial charge in [0.1, 0.15) is 0 Å². The van der Waals surface area contributed by atoms with Crippen molar-refractivity contribution in [2.24, 2.45) is 11.5 Å². The van der Waals surface area contributed by atoms with Crippen LogP contribution in [0.25, 0.3) is 0 Å². The first-order chi connectivity index (χ1) is 7.45. The van der Waals surface area contributed by atoms with Gasteiger partial charge in [0.2, 0.25) is 0 Å². The maximum absolute atomic E-state index is 11.2. The number of fused-ring (bicyclic) bond motifs is 1. The highest BCUT2D eigenvalue weighted by Gasteiger charge is 2.53. The van der Waals surface area contributed by atoms with E-state index in [1.54, 1.807) is 18.2 Å². The molecule has 0 fully saturated rings. The summed E-state index contributed by atoms with van der Waals surface area (Å²) in [4.78, 5) is 22.4. The third-order valence-corrected chi connectivity index (χ3v) is 2.26. The fraction of sp³-hybridized carbons (Fsp3) is 0.200. The summed E-state index contributed by atoms with van der Waals surface area (Å²) in [7, 11) is 0. The predicted molar refractivity (Wildman–Crippen MR) is 53.6 cm³/mol. The molecule has 0 spiro atoms. The number of ether oxygens (including phenoxy) is 2. The lowest BCUT2D eigenvalue weighted by molar-refractivity contribution is -0.166. The predicted octanol–water partition coefficient (Wildman–Crippen LogP) is -0.567. The number of amides is 2. The summed E-state index contributed by atoms with van der Waals surface area (Å²) in [5, 5.41) is 0. The van der Waals surface area contributed by atoms with E-state index in [1.807, 2.05) is 6.92 Å².